The molecule has 0 radical (unpaired) electrons. The van der Waals surface area contributed by atoms with Gasteiger partial charge in [-0.1, -0.05) is 23.2 Å². The molecule has 0 bridgehead atoms. The highest BCUT2D eigenvalue weighted by molar-refractivity contribution is 6.39. The molecule has 2 aromatic carbocycles. The lowest BCUT2D eigenvalue weighted by atomic mass is 10.1. The van der Waals surface area contributed by atoms with Gasteiger partial charge in [0.05, 0.1) is 37.2 Å². The molecule has 0 aliphatic heterocycles. The van der Waals surface area contributed by atoms with Crippen molar-refractivity contribution < 1.29 is 27.4 Å². The van der Waals surface area contributed by atoms with Gasteiger partial charge in [0.25, 0.3) is 11.4 Å². The Kier molecular flexibility index (Phi) is 5.23. The smallest absolute Gasteiger partial charge is 0.347 e. The van der Waals surface area contributed by atoms with E-state index in [2.05, 4.69) is 0 Å². The molecule has 2 rings (SSSR count). The molecule has 0 unspecified atom stereocenters. The third-order valence-corrected chi connectivity index (χ3v) is 3.67. The van der Waals surface area contributed by atoms with E-state index in [1.165, 1.54) is 0 Å². The molecule has 0 aliphatic rings. The van der Waals surface area contributed by atoms with Gasteiger partial charge in [0.2, 0.25) is 0 Å². The maximum atomic E-state index is 13.3. The van der Waals surface area contributed by atoms with E-state index in [0.29, 0.717) is 6.07 Å². The predicted octanol–water partition coefficient (Wildman–Crippen LogP) is 5.71. The minimum Gasteiger partial charge on any atom is -0.347 e. The van der Waals surface area contributed by atoms with Gasteiger partial charge in [-0.15, -0.1) is 0 Å². The maximum Gasteiger partial charge on any atom is 0.418 e. The lowest BCUT2D eigenvalue weighted by molar-refractivity contribution is -0.394. The van der Waals surface area contributed by atoms with Gasteiger partial charge in [-0.3, -0.25) is 20.2 Å². The van der Waals surface area contributed by atoms with Crippen molar-refractivity contribution in [2.75, 3.05) is 5.32 Å². The van der Waals surface area contributed by atoms with E-state index < -0.39 is 60.2 Å². The summed E-state index contributed by atoms with van der Waals surface area (Å²) in [4.78, 5) is 19.5. The van der Waals surface area contributed by atoms with Gasteiger partial charge >= 0.3 is 6.18 Å². The van der Waals surface area contributed by atoms with Crippen molar-refractivity contribution in [3.8, 4) is 0 Å². The monoisotopic (exact) mass is 413 g/mol. The molecule has 0 fully saturated rings. The maximum absolute atomic E-state index is 13.3. The summed E-state index contributed by atoms with van der Waals surface area (Å²) in [6, 6.07) is 1.92. The third kappa shape index (κ3) is 3.94. The van der Waals surface area contributed by atoms with Crippen LogP contribution in [0.15, 0.2) is 24.3 Å². The molecule has 0 saturated carbocycles. The van der Waals surface area contributed by atoms with Gasteiger partial charge in [0.1, 0.15) is 11.5 Å². The molecule has 0 aliphatic carbocycles. The summed E-state index contributed by atoms with van der Waals surface area (Å²) >= 11 is 11.4. The minimum absolute atomic E-state index is 0.126. The molecule has 0 atom stereocenters. The van der Waals surface area contributed by atoms with Gasteiger partial charge in [-0.25, -0.2) is 4.39 Å². The second-order valence-corrected chi connectivity index (χ2v) is 5.58. The van der Waals surface area contributed by atoms with Crippen molar-refractivity contribution in [3.63, 3.8) is 0 Å². The van der Waals surface area contributed by atoms with Crippen LogP contribution in [0.4, 0.5) is 40.3 Å². The van der Waals surface area contributed by atoms with Crippen LogP contribution in [0, 0.1) is 26.0 Å². The van der Waals surface area contributed by atoms with Crippen molar-refractivity contribution in [1.29, 1.82) is 0 Å². The summed E-state index contributed by atoms with van der Waals surface area (Å²) in [5.74, 6) is -0.889. The first-order chi connectivity index (χ1) is 11.9. The summed E-state index contributed by atoms with van der Waals surface area (Å²) in [5, 5.41) is 23.1. The fourth-order valence-corrected chi connectivity index (χ4v) is 2.56. The van der Waals surface area contributed by atoms with E-state index in [0.717, 1.165) is 12.1 Å². The van der Waals surface area contributed by atoms with Crippen LogP contribution in [0.1, 0.15) is 5.56 Å². The van der Waals surface area contributed by atoms with Crippen LogP contribution in [-0.2, 0) is 6.18 Å². The Morgan fingerprint density at radius 3 is 1.88 bits per heavy atom. The molecular weight excluding hydrogens is 409 g/mol. The van der Waals surface area contributed by atoms with Crippen molar-refractivity contribution in [2.45, 2.75) is 6.18 Å². The average Bonchev–Trinajstić information content (AvgIpc) is 2.48. The molecule has 7 nitrogen and oxygen atoms in total. The summed E-state index contributed by atoms with van der Waals surface area (Å²) in [7, 11) is 0. The third-order valence-electron chi connectivity index (χ3n) is 3.07. The standard InChI is InChI=1S/C13H5Cl2F4N3O4/c14-8-1-5(16)2-9(15)12(8)20-11-7(13(17,18)19)3-6(21(23)24)4-10(11)22(25)26/h1-4,20H. The van der Waals surface area contributed by atoms with Crippen molar-refractivity contribution in [1.82, 2.24) is 0 Å². The predicted molar refractivity (Wildman–Crippen MR) is 84.5 cm³/mol. The second kappa shape index (κ2) is 6.92. The number of hydrogen-bond donors (Lipinski definition) is 1. The first-order valence-electron chi connectivity index (χ1n) is 6.37. The van der Waals surface area contributed by atoms with Gasteiger partial charge in [-0.05, 0) is 12.1 Å². The number of benzene rings is 2. The molecule has 0 amide bonds. The highest BCUT2D eigenvalue weighted by atomic mass is 35.5. The van der Waals surface area contributed by atoms with E-state index >= 15 is 0 Å². The number of halogens is 6. The first-order valence-corrected chi connectivity index (χ1v) is 7.13. The normalized spacial score (nSPS) is 11.3. The Balaban J connectivity index is 2.78. The Hall–Kier alpha value is -2.66. The number of rotatable bonds is 4. The molecule has 26 heavy (non-hydrogen) atoms. The number of nitrogens with zero attached hydrogens (tertiary/aromatic N) is 2. The van der Waals surface area contributed by atoms with Crippen LogP contribution < -0.4 is 5.32 Å². The lowest BCUT2D eigenvalue weighted by Gasteiger charge is -2.16. The molecule has 0 heterocycles. The van der Waals surface area contributed by atoms with E-state index in [9.17, 15) is 37.8 Å². The number of nitro benzene ring substituents is 2. The second-order valence-electron chi connectivity index (χ2n) is 4.77. The zero-order valence-electron chi connectivity index (χ0n) is 12.1. The minimum atomic E-state index is -5.18. The number of alkyl halides is 3. The number of non-ortho nitro benzene ring substituents is 1. The van der Waals surface area contributed by atoms with Gasteiger partial charge in [0, 0.05) is 6.07 Å². The number of nitrogens with one attached hydrogen (secondary N) is 1. The average molecular weight is 414 g/mol. The number of nitro groups is 2. The SMILES string of the molecule is O=[N+]([O-])c1cc([N+](=O)[O-])c(Nc2c(Cl)cc(F)cc2Cl)c(C(F)(F)F)c1. The zero-order valence-corrected chi connectivity index (χ0v) is 13.6. The van der Waals surface area contributed by atoms with Crippen LogP contribution in [-0.4, -0.2) is 9.85 Å². The molecule has 138 valence electrons. The molecule has 2 aromatic rings. The van der Waals surface area contributed by atoms with Gasteiger partial charge in [0.15, 0.2) is 0 Å². The Morgan fingerprint density at radius 2 is 1.46 bits per heavy atom. The first kappa shape index (κ1) is 19.7. The lowest BCUT2D eigenvalue weighted by Crippen LogP contribution is -2.12. The Bertz CT molecular complexity index is 898. The van der Waals surface area contributed by atoms with E-state index in [1.54, 1.807) is 0 Å². The molecule has 1 N–H and O–H groups in total. The number of anilines is 2. The van der Waals surface area contributed by atoms with Crippen LogP contribution in [0.3, 0.4) is 0 Å². The zero-order chi connectivity index (χ0) is 19.8. The highest BCUT2D eigenvalue weighted by Crippen LogP contribution is 2.45. The molecule has 13 heteroatoms. The van der Waals surface area contributed by atoms with Crippen LogP contribution in [0.2, 0.25) is 10.0 Å². The Morgan fingerprint density at radius 1 is 0.923 bits per heavy atom. The van der Waals surface area contributed by atoms with Gasteiger partial charge in [-0.2, -0.15) is 13.2 Å². The van der Waals surface area contributed by atoms with E-state index in [1.807, 2.05) is 5.32 Å². The molecule has 0 spiro atoms. The number of hydrogen-bond acceptors (Lipinski definition) is 5. The van der Waals surface area contributed by atoms with Crippen LogP contribution >= 0.6 is 23.2 Å². The van der Waals surface area contributed by atoms with Crippen LogP contribution in [0.5, 0.6) is 0 Å². The van der Waals surface area contributed by atoms with Crippen molar-refractivity contribution >= 4 is 46.0 Å². The fourth-order valence-electron chi connectivity index (χ4n) is 2.00. The van der Waals surface area contributed by atoms with E-state index in [4.69, 9.17) is 23.2 Å². The van der Waals surface area contributed by atoms with Crippen LogP contribution in [0.25, 0.3) is 0 Å². The molecule has 0 saturated heterocycles. The highest BCUT2D eigenvalue weighted by Gasteiger charge is 2.40. The summed E-state index contributed by atoms with van der Waals surface area (Å²) in [6.07, 6.45) is -5.18. The summed E-state index contributed by atoms with van der Waals surface area (Å²) in [6.45, 7) is 0. The summed E-state index contributed by atoms with van der Waals surface area (Å²) < 4.78 is 53.1. The molecular formula is C13H5Cl2F4N3O4. The van der Waals surface area contributed by atoms with Crippen molar-refractivity contribution in [3.05, 3.63) is 65.9 Å². The fraction of sp³-hybridized carbons (Fsp3) is 0.0769. The topological polar surface area (TPSA) is 98.3 Å². The largest absolute Gasteiger partial charge is 0.418 e. The summed E-state index contributed by atoms with van der Waals surface area (Å²) in [5.41, 5.74) is -5.61. The van der Waals surface area contributed by atoms with Gasteiger partial charge < -0.3 is 5.32 Å². The quantitative estimate of drug-likeness (QED) is 0.393. The van der Waals surface area contributed by atoms with Crippen molar-refractivity contribution in [2.24, 2.45) is 0 Å². The molecule has 0 aromatic heterocycles. The Labute approximate surface area is 151 Å². The van der Waals surface area contributed by atoms with E-state index in [-0.39, 0.29) is 6.07 Å².